The number of benzene rings is 1. The van der Waals surface area contributed by atoms with E-state index in [1.165, 1.54) is 0 Å². The van der Waals surface area contributed by atoms with E-state index in [0.29, 0.717) is 0 Å². The summed E-state index contributed by atoms with van der Waals surface area (Å²) in [5, 5.41) is 22.3. The lowest BCUT2D eigenvalue weighted by molar-refractivity contribution is -0.139. The molecule has 0 radical (unpaired) electrons. The zero-order chi connectivity index (χ0) is 15.6. The quantitative estimate of drug-likeness (QED) is 0.472. The van der Waals surface area contributed by atoms with Gasteiger partial charge in [0.05, 0.1) is 16.4 Å². The molecular weight excluding hydrogens is 312 g/mol. The number of primary sulfonamides is 1. The first-order valence-electron chi connectivity index (χ1n) is 5.07. The average molecular weight is 324 g/mol. The second-order valence-corrected chi connectivity index (χ2v) is 6.99. The SMILES string of the molecule is NS(=O)(=O)c1cccc(S(=O)(=O)NC(CO)C(=O)O)c1. The first-order valence-corrected chi connectivity index (χ1v) is 8.10. The number of hydrogen-bond acceptors (Lipinski definition) is 6. The number of nitrogens with one attached hydrogen (secondary N) is 1. The molecule has 11 heteroatoms. The number of aliphatic hydroxyl groups is 1. The highest BCUT2D eigenvalue weighted by atomic mass is 32.2. The summed E-state index contributed by atoms with van der Waals surface area (Å²) in [6.07, 6.45) is 0. The van der Waals surface area contributed by atoms with Crippen molar-refractivity contribution in [3.8, 4) is 0 Å². The molecule has 0 heterocycles. The maximum Gasteiger partial charge on any atom is 0.324 e. The summed E-state index contributed by atoms with van der Waals surface area (Å²) in [5.74, 6) is -1.57. The molecule has 1 atom stereocenters. The van der Waals surface area contributed by atoms with Crippen molar-refractivity contribution in [3.63, 3.8) is 0 Å². The van der Waals surface area contributed by atoms with Crippen molar-refractivity contribution >= 4 is 26.0 Å². The number of sulfonamides is 2. The van der Waals surface area contributed by atoms with Crippen LogP contribution in [0.4, 0.5) is 0 Å². The first kappa shape index (κ1) is 16.5. The highest BCUT2D eigenvalue weighted by Gasteiger charge is 2.25. The van der Waals surface area contributed by atoms with Gasteiger partial charge in [0.25, 0.3) is 0 Å². The number of aliphatic hydroxyl groups excluding tert-OH is 1. The molecular formula is C9H12N2O7S2. The molecule has 0 aliphatic rings. The minimum absolute atomic E-state index is 0.434. The number of carboxylic acids is 1. The molecule has 1 aromatic carbocycles. The maximum absolute atomic E-state index is 11.9. The van der Waals surface area contributed by atoms with Crippen LogP contribution >= 0.6 is 0 Å². The monoisotopic (exact) mass is 324 g/mol. The number of hydrogen-bond donors (Lipinski definition) is 4. The molecule has 0 aliphatic heterocycles. The van der Waals surface area contributed by atoms with Crippen LogP contribution in [-0.2, 0) is 24.8 Å². The van der Waals surface area contributed by atoms with E-state index >= 15 is 0 Å². The van der Waals surface area contributed by atoms with E-state index in [2.05, 4.69) is 0 Å². The smallest absolute Gasteiger partial charge is 0.324 e. The number of carboxylic acid groups (broad SMARTS) is 1. The molecule has 0 fully saturated rings. The Kier molecular flexibility index (Phi) is 4.83. The number of carbonyl (C=O) groups is 1. The van der Waals surface area contributed by atoms with Gasteiger partial charge in [-0.1, -0.05) is 6.07 Å². The van der Waals surface area contributed by atoms with Gasteiger partial charge in [-0.05, 0) is 18.2 Å². The van der Waals surface area contributed by atoms with Crippen LogP contribution in [0, 0.1) is 0 Å². The molecule has 0 bridgehead atoms. The van der Waals surface area contributed by atoms with Crippen molar-refractivity contribution in [1.82, 2.24) is 4.72 Å². The first-order chi connectivity index (χ1) is 9.08. The summed E-state index contributed by atoms with van der Waals surface area (Å²) in [7, 11) is -8.40. The van der Waals surface area contributed by atoms with Gasteiger partial charge in [0, 0.05) is 0 Å². The van der Waals surface area contributed by atoms with Gasteiger partial charge in [0.2, 0.25) is 20.0 Å². The van der Waals surface area contributed by atoms with Crippen LogP contribution in [-0.4, -0.2) is 45.7 Å². The molecule has 1 rings (SSSR count). The fraction of sp³-hybridized carbons (Fsp3) is 0.222. The molecule has 20 heavy (non-hydrogen) atoms. The zero-order valence-corrected chi connectivity index (χ0v) is 11.6. The van der Waals surface area contributed by atoms with Gasteiger partial charge >= 0.3 is 5.97 Å². The number of aliphatic carboxylic acids is 1. The Balaban J connectivity index is 3.20. The normalized spacial score (nSPS) is 13.9. The van der Waals surface area contributed by atoms with Gasteiger partial charge in [0.15, 0.2) is 0 Å². The molecule has 1 aromatic rings. The van der Waals surface area contributed by atoms with Crippen molar-refractivity contribution in [1.29, 1.82) is 0 Å². The van der Waals surface area contributed by atoms with E-state index < -0.39 is 48.5 Å². The third kappa shape index (κ3) is 3.98. The summed E-state index contributed by atoms with van der Waals surface area (Å²) in [5.41, 5.74) is 0. The van der Waals surface area contributed by atoms with Crippen molar-refractivity contribution in [2.24, 2.45) is 5.14 Å². The van der Waals surface area contributed by atoms with E-state index in [-0.39, 0.29) is 0 Å². The third-order valence-electron chi connectivity index (χ3n) is 2.22. The Labute approximate surface area is 115 Å². The van der Waals surface area contributed by atoms with Crippen LogP contribution in [0.2, 0.25) is 0 Å². The fourth-order valence-electron chi connectivity index (χ4n) is 1.24. The second-order valence-electron chi connectivity index (χ2n) is 3.71. The molecule has 0 aromatic heterocycles. The van der Waals surface area contributed by atoms with Crippen LogP contribution in [0.5, 0.6) is 0 Å². The van der Waals surface area contributed by atoms with Gasteiger partial charge in [-0.15, -0.1) is 0 Å². The minimum atomic E-state index is -4.31. The summed E-state index contributed by atoms with van der Waals surface area (Å²) in [6, 6.07) is 2.34. The lowest BCUT2D eigenvalue weighted by Gasteiger charge is -2.12. The second kappa shape index (κ2) is 5.85. The summed E-state index contributed by atoms with van der Waals surface area (Å²) >= 11 is 0. The van der Waals surface area contributed by atoms with Crippen molar-refractivity contribution in [2.45, 2.75) is 15.8 Å². The van der Waals surface area contributed by atoms with Gasteiger partial charge in [-0.3, -0.25) is 4.79 Å². The van der Waals surface area contributed by atoms with E-state index in [9.17, 15) is 21.6 Å². The van der Waals surface area contributed by atoms with Gasteiger partial charge in [-0.25, -0.2) is 22.0 Å². The Morgan fingerprint density at radius 2 is 1.80 bits per heavy atom. The van der Waals surface area contributed by atoms with Crippen LogP contribution in [0.15, 0.2) is 34.1 Å². The van der Waals surface area contributed by atoms with Crippen LogP contribution in [0.25, 0.3) is 0 Å². The van der Waals surface area contributed by atoms with Crippen LogP contribution in [0.1, 0.15) is 0 Å². The Hall–Kier alpha value is -1.53. The van der Waals surface area contributed by atoms with Crippen LogP contribution in [0.3, 0.4) is 0 Å². The summed E-state index contributed by atoms with van der Waals surface area (Å²) in [6.45, 7) is -0.955. The van der Waals surface area contributed by atoms with Gasteiger partial charge < -0.3 is 10.2 Å². The zero-order valence-electron chi connectivity index (χ0n) is 9.92. The minimum Gasteiger partial charge on any atom is -0.480 e. The Morgan fingerprint density at radius 3 is 2.25 bits per heavy atom. The predicted molar refractivity (Wildman–Crippen MR) is 66.6 cm³/mol. The summed E-state index contributed by atoms with van der Waals surface area (Å²) in [4.78, 5) is 9.75. The average Bonchev–Trinajstić information content (AvgIpc) is 2.35. The van der Waals surface area contributed by atoms with E-state index in [0.717, 1.165) is 24.3 Å². The molecule has 0 saturated carbocycles. The van der Waals surface area contributed by atoms with E-state index in [1.807, 2.05) is 0 Å². The molecule has 5 N–H and O–H groups in total. The van der Waals surface area contributed by atoms with Gasteiger partial charge in [-0.2, -0.15) is 4.72 Å². The lowest BCUT2D eigenvalue weighted by atomic mass is 10.3. The van der Waals surface area contributed by atoms with Gasteiger partial charge in [0.1, 0.15) is 6.04 Å². The van der Waals surface area contributed by atoms with Crippen molar-refractivity contribution < 1.29 is 31.8 Å². The molecule has 0 amide bonds. The fourth-order valence-corrected chi connectivity index (χ4v) is 3.10. The summed E-state index contributed by atoms with van der Waals surface area (Å²) < 4.78 is 47.7. The van der Waals surface area contributed by atoms with E-state index in [1.54, 1.807) is 4.72 Å². The number of nitrogens with two attached hydrogens (primary N) is 1. The lowest BCUT2D eigenvalue weighted by Crippen LogP contribution is -2.43. The highest BCUT2D eigenvalue weighted by Crippen LogP contribution is 2.14. The molecule has 112 valence electrons. The Morgan fingerprint density at radius 1 is 1.25 bits per heavy atom. The third-order valence-corrected chi connectivity index (χ3v) is 4.60. The number of rotatable bonds is 6. The van der Waals surface area contributed by atoms with Crippen molar-refractivity contribution in [3.05, 3.63) is 24.3 Å². The topological polar surface area (TPSA) is 164 Å². The maximum atomic E-state index is 11.9. The molecule has 0 aliphatic carbocycles. The molecule has 0 saturated heterocycles. The largest absolute Gasteiger partial charge is 0.480 e. The standard InChI is InChI=1S/C9H12N2O7S2/c10-19(15,16)6-2-1-3-7(4-6)20(17,18)11-8(5-12)9(13)14/h1-4,8,11-12H,5H2,(H,13,14)(H2,10,15,16). The Bertz CT molecular complexity index is 712. The van der Waals surface area contributed by atoms with E-state index in [4.69, 9.17) is 15.4 Å². The van der Waals surface area contributed by atoms with Crippen LogP contribution < -0.4 is 9.86 Å². The highest BCUT2D eigenvalue weighted by molar-refractivity contribution is 7.90. The molecule has 1 unspecified atom stereocenters. The predicted octanol–water partition coefficient (Wildman–Crippen LogP) is -1.94. The molecule has 0 spiro atoms. The molecule has 9 nitrogen and oxygen atoms in total. The van der Waals surface area contributed by atoms with Crippen molar-refractivity contribution in [2.75, 3.05) is 6.61 Å².